The fraction of sp³-hybridized carbons (Fsp3) is 0.533. The molecule has 1 aliphatic heterocycles. The number of anilines is 1. The summed E-state index contributed by atoms with van der Waals surface area (Å²) in [5.74, 6) is 0. The van der Waals surface area contributed by atoms with Gasteiger partial charge in [0.15, 0.2) is 5.13 Å². The van der Waals surface area contributed by atoms with E-state index in [1.807, 2.05) is 17.9 Å². The number of likely N-dealkylation sites (tertiary alicyclic amines) is 1. The molecule has 0 unspecified atom stereocenters. The summed E-state index contributed by atoms with van der Waals surface area (Å²) in [7, 11) is 0. The maximum absolute atomic E-state index is 12.6. The smallest absolute Gasteiger partial charge is 0.316 e. The summed E-state index contributed by atoms with van der Waals surface area (Å²) >= 11 is 1.54. The predicted octanol–water partition coefficient (Wildman–Crippen LogP) is 3.50. The first-order valence-corrected chi connectivity index (χ1v) is 8.54. The zero-order valence-electron chi connectivity index (χ0n) is 12.9. The number of aryl methyl sites for hydroxylation is 2. The van der Waals surface area contributed by atoms with Crippen LogP contribution in [-0.2, 0) is 6.42 Å². The molecule has 1 fully saturated rings. The molecule has 0 aromatic carbocycles. The molecule has 7 heteroatoms. The van der Waals surface area contributed by atoms with Crippen molar-refractivity contribution in [3.05, 3.63) is 28.5 Å². The van der Waals surface area contributed by atoms with Crippen molar-refractivity contribution in [1.82, 2.24) is 20.1 Å². The maximum atomic E-state index is 12.6. The second-order valence-electron chi connectivity index (χ2n) is 5.52. The Kier molecular flexibility index (Phi) is 4.42. The van der Waals surface area contributed by atoms with E-state index in [4.69, 9.17) is 0 Å². The molecule has 0 aliphatic carbocycles. The van der Waals surface area contributed by atoms with Crippen molar-refractivity contribution in [3.8, 4) is 0 Å². The summed E-state index contributed by atoms with van der Waals surface area (Å²) in [5, 5.41) is 10.6. The van der Waals surface area contributed by atoms with Gasteiger partial charge in [0.25, 0.3) is 0 Å². The maximum Gasteiger partial charge on any atom is 0.324 e. The van der Waals surface area contributed by atoms with E-state index in [1.54, 1.807) is 17.5 Å². The van der Waals surface area contributed by atoms with Gasteiger partial charge >= 0.3 is 6.03 Å². The van der Waals surface area contributed by atoms with E-state index < -0.39 is 0 Å². The number of hydrogen-bond acceptors (Lipinski definition) is 4. The van der Waals surface area contributed by atoms with Gasteiger partial charge in [-0.1, -0.05) is 6.92 Å². The summed E-state index contributed by atoms with van der Waals surface area (Å²) in [4.78, 5) is 20.2. The van der Waals surface area contributed by atoms with Crippen LogP contribution in [0.5, 0.6) is 0 Å². The van der Waals surface area contributed by atoms with Crippen molar-refractivity contribution in [3.63, 3.8) is 0 Å². The molecule has 1 aliphatic rings. The number of hydrogen-bond donors (Lipinski definition) is 2. The highest BCUT2D eigenvalue weighted by atomic mass is 32.1. The average molecular weight is 319 g/mol. The second-order valence-corrected chi connectivity index (χ2v) is 6.73. The van der Waals surface area contributed by atoms with Crippen LogP contribution in [0.4, 0.5) is 9.93 Å². The standard InChI is InChI=1S/C15H21N5OS/c1-3-11-10(2)22-14(17-11)18-15(21)20-9-5-4-6-13(20)12-7-8-16-19-12/h7-8,13H,3-6,9H2,1-2H3,(H,16,19)(H,17,18,21)/t13-/m0/s1. The summed E-state index contributed by atoms with van der Waals surface area (Å²) in [5.41, 5.74) is 2.06. The van der Waals surface area contributed by atoms with Crippen molar-refractivity contribution in [1.29, 1.82) is 0 Å². The van der Waals surface area contributed by atoms with Crippen molar-refractivity contribution in [2.45, 2.75) is 45.6 Å². The highest BCUT2D eigenvalue weighted by molar-refractivity contribution is 7.15. The number of aromatic amines is 1. The van der Waals surface area contributed by atoms with E-state index in [0.29, 0.717) is 5.13 Å². The summed E-state index contributed by atoms with van der Waals surface area (Å²) in [6.07, 6.45) is 5.75. The lowest BCUT2D eigenvalue weighted by Crippen LogP contribution is -2.41. The van der Waals surface area contributed by atoms with Crippen LogP contribution >= 0.6 is 11.3 Å². The van der Waals surface area contributed by atoms with Crippen LogP contribution in [0.1, 0.15) is 48.5 Å². The number of nitrogens with one attached hydrogen (secondary N) is 2. The lowest BCUT2D eigenvalue weighted by Gasteiger charge is -2.34. The van der Waals surface area contributed by atoms with Crippen molar-refractivity contribution >= 4 is 22.5 Å². The first-order valence-electron chi connectivity index (χ1n) is 7.72. The van der Waals surface area contributed by atoms with Gasteiger partial charge in [-0.3, -0.25) is 10.4 Å². The van der Waals surface area contributed by atoms with Crippen LogP contribution in [0.15, 0.2) is 12.3 Å². The number of aromatic nitrogens is 3. The monoisotopic (exact) mass is 319 g/mol. The van der Waals surface area contributed by atoms with Crippen LogP contribution in [0, 0.1) is 6.92 Å². The van der Waals surface area contributed by atoms with E-state index in [1.165, 1.54) is 4.88 Å². The molecular formula is C15H21N5OS. The van der Waals surface area contributed by atoms with Gasteiger partial charge in [-0.2, -0.15) is 5.10 Å². The lowest BCUT2D eigenvalue weighted by atomic mass is 10.00. The van der Waals surface area contributed by atoms with E-state index in [2.05, 4.69) is 27.4 Å². The van der Waals surface area contributed by atoms with E-state index in [9.17, 15) is 4.79 Å². The number of nitrogens with zero attached hydrogens (tertiary/aromatic N) is 3. The zero-order valence-corrected chi connectivity index (χ0v) is 13.7. The molecule has 1 saturated heterocycles. The summed E-state index contributed by atoms with van der Waals surface area (Å²) in [6, 6.07) is 1.94. The van der Waals surface area contributed by atoms with E-state index in [0.717, 1.165) is 43.6 Å². The molecule has 2 N–H and O–H groups in total. The second kappa shape index (κ2) is 6.48. The number of rotatable bonds is 3. The molecule has 3 heterocycles. The minimum atomic E-state index is -0.0734. The summed E-state index contributed by atoms with van der Waals surface area (Å²) < 4.78 is 0. The van der Waals surface area contributed by atoms with Crippen LogP contribution in [0.3, 0.4) is 0 Å². The minimum absolute atomic E-state index is 0.0722. The predicted molar refractivity (Wildman–Crippen MR) is 87.1 cm³/mol. The largest absolute Gasteiger partial charge is 0.324 e. The van der Waals surface area contributed by atoms with Crippen LogP contribution in [0.2, 0.25) is 0 Å². The van der Waals surface area contributed by atoms with Gasteiger partial charge in [-0.05, 0) is 38.7 Å². The Morgan fingerprint density at radius 2 is 2.41 bits per heavy atom. The van der Waals surface area contributed by atoms with Gasteiger partial charge in [0.1, 0.15) is 0 Å². The molecule has 6 nitrogen and oxygen atoms in total. The van der Waals surface area contributed by atoms with Gasteiger partial charge in [0.2, 0.25) is 0 Å². The fourth-order valence-electron chi connectivity index (χ4n) is 2.92. The Balaban J connectivity index is 1.74. The minimum Gasteiger partial charge on any atom is -0.316 e. The Bertz CT molecular complexity index is 636. The first-order chi connectivity index (χ1) is 10.7. The SMILES string of the molecule is CCc1nc(NC(=O)N2CCCC[C@H]2c2ccn[nH]2)sc1C. The number of carbonyl (C=O) groups is 1. The highest BCUT2D eigenvalue weighted by Crippen LogP contribution is 2.31. The molecule has 2 aromatic heterocycles. The molecule has 0 bridgehead atoms. The molecule has 0 spiro atoms. The fourth-order valence-corrected chi connectivity index (χ4v) is 3.81. The van der Waals surface area contributed by atoms with Crippen molar-refractivity contribution < 1.29 is 4.79 Å². The molecule has 2 amide bonds. The van der Waals surface area contributed by atoms with Gasteiger partial charge in [-0.15, -0.1) is 11.3 Å². The molecule has 0 saturated carbocycles. The van der Waals surface area contributed by atoms with Gasteiger partial charge < -0.3 is 4.90 Å². The van der Waals surface area contributed by atoms with Crippen molar-refractivity contribution in [2.24, 2.45) is 0 Å². The quantitative estimate of drug-likeness (QED) is 0.909. The number of piperidine rings is 1. The molecule has 118 valence electrons. The first kappa shape index (κ1) is 15.0. The van der Waals surface area contributed by atoms with Crippen LogP contribution in [0.25, 0.3) is 0 Å². The zero-order chi connectivity index (χ0) is 15.5. The molecule has 22 heavy (non-hydrogen) atoms. The third kappa shape index (κ3) is 2.99. The Labute approximate surface area is 133 Å². The third-order valence-corrected chi connectivity index (χ3v) is 5.01. The van der Waals surface area contributed by atoms with Gasteiger partial charge in [-0.25, -0.2) is 9.78 Å². The summed E-state index contributed by atoms with van der Waals surface area (Å²) in [6.45, 7) is 4.88. The van der Waals surface area contributed by atoms with Gasteiger partial charge in [0.05, 0.1) is 17.4 Å². The number of amides is 2. The van der Waals surface area contributed by atoms with E-state index in [-0.39, 0.29) is 12.1 Å². The number of thiazole rings is 1. The van der Waals surface area contributed by atoms with Crippen LogP contribution in [-0.4, -0.2) is 32.7 Å². The topological polar surface area (TPSA) is 73.9 Å². The average Bonchev–Trinajstić information content (AvgIpc) is 3.17. The molecule has 2 aromatic rings. The number of carbonyl (C=O) groups excluding carboxylic acids is 1. The lowest BCUT2D eigenvalue weighted by molar-refractivity contribution is 0.161. The third-order valence-electron chi connectivity index (χ3n) is 4.09. The highest BCUT2D eigenvalue weighted by Gasteiger charge is 2.29. The Morgan fingerprint density at radius 3 is 3.09 bits per heavy atom. The van der Waals surface area contributed by atoms with E-state index >= 15 is 0 Å². The Morgan fingerprint density at radius 1 is 1.55 bits per heavy atom. The molecule has 1 atom stereocenters. The number of H-pyrrole nitrogens is 1. The van der Waals surface area contributed by atoms with Crippen LogP contribution < -0.4 is 5.32 Å². The molecular weight excluding hydrogens is 298 g/mol. The normalized spacial score (nSPS) is 18.5. The number of urea groups is 1. The van der Waals surface area contributed by atoms with Gasteiger partial charge in [0, 0.05) is 17.6 Å². The Hall–Kier alpha value is -1.89. The molecule has 3 rings (SSSR count). The molecule has 0 radical (unpaired) electrons. The van der Waals surface area contributed by atoms with Crippen molar-refractivity contribution in [2.75, 3.05) is 11.9 Å².